The second-order valence-corrected chi connectivity index (χ2v) is 5.35. The van der Waals surface area contributed by atoms with Gasteiger partial charge < -0.3 is 4.74 Å². The normalized spacial score (nSPS) is 19.8. The van der Waals surface area contributed by atoms with Gasteiger partial charge in [-0.15, -0.1) is 0 Å². The van der Waals surface area contributed by atoms with Crippen molar-refractivity contribution in [1.82, 2.24) is 4.90 Å². The standard InChI is InChI=1S/C18H17NO3/c20-13-22-18(15-9-5-2-6-10-15)19-11-16(17(21)12-19)14-7-3-1-4-8-14/h1-10,13,16,18H,11-12H2. The highest BCUT2D eigenvalue weighted by Crippen LogP contribution is 2.31. The summed E-state index contributed by atoms with van der Waals surface area (Å²) in [6.07, 6.45) is -0.517. The monoisotopic (exact) mass is 295 g/mol. The van der Waals surface area contributed by atoms with E-state index in [4.69, 9.17) is 4.74 Å². The molecule has 2 unspecified atom stereocenters. The average molecular weight is 295 g/mol. The molecule has 1 fully saturated rings. The number of Topliss-reactive ketones (excluding diaryl/α,β-unsaturated/α-hetero) is 1. The summed E-state index contributed by atoms with van der Waals surface area (Å²) in [5.41, 5.74) is 1.88. The van der Waals surface area contributed by atoms with Crippen molar-refractivity contribution < 1.29 is 14.3 Å². The molecular formula is C18H17NO3. The lowest BCUT2D eigenvalue weighted by molar-refractivity contribution is -0.144. The topological polar surface area (TPSA) is 46.6 Å². The lowest BCUT2D eigenvalue weighted by atomic mass is 9.98. The maximum Gasteiger partial charge on any atom is 0.294 e. The molecule has 1 heterocycles. The number of ether oxygens (including phenoxy) is 1. The van der Waals surface area contributed by atoms with E-state index in [2.05, 4.69) is 0 Å². The van der Waals surface area contributed by atoms with Gasteiger partial charge in [-0.1, -0.05) is 60.7 Å². The van der Waals surface area contributed by atoms with E-state index in [1.165, 1.54) is 0 Å². The van der Waals surface area contributed by atoms with Crippen molar-refractivity contribution in [3.8, 4) is 0 Å². The third kappa shape index (κ3) is 2.92. The molecular weight excluding hydrogens is 278 g/mol. The number of carbonyl (C=O) groups is 2. The summed E-state index contributed by atoms with van der Waals surface area (Å²) in [6.45, 7) is 1.28. The highest BCUT2D eigenvalue weighted by molar-refractivity contribution is 5.89. The molecule has 0 amide bonds. The minimum Gasteiger partial charge on any atom is -0.444 e. The lowest BCUT2D eigenvalue weighted by Gasteiger charge is -2.25. The minimum absolute atomic E-state index is 0.154. The van der Waals surface area contributed by atoms with Crippen LogP contribution in [0.1, 0.15) is 23.3 Å². The van der Waals surface area contributed by atoms with Crippen molar-refractivity contribution in [2.24, 2.45) is 0 Å². The predicted octanol–water partition coefficient (Wildman–Crippen LogP) is 2.53. The van der Waals surface area contributed by atoms with Crippen molar-refractivity contribution in [1.29, 1.82) is 0 Å². The van der Waals surface area contributed by atoms with Gasteiger partial charge in [-0.05, 0) is 5.56 Å². The summed E-state index contributed by atoms with van der Waals surface area (Å²) < 4.78 is 5.24. The first kappa shape index (κ1) is 14.5. The molecule has 4 heteroatoms. The summed E-state index contributed by atoms with van der Waals surface area (Å²) in [4.78, 5) is 25.1. The van der Waals surface area contributed by atoms with Gasteiger partial charge in [0.25, 0.3) is 6.47 Å². The number of carbonyl (C=O) groups excluding carboxylic acids is 2. The molecule has 0 bridgehead atoms. The van der Waals surface area contributed by atoms with Crippen LogP contribution in [-0.2, 0) is 14.3 Å². The molecule has 2 aromatic rings. The fourth-order valence-electron chi connectivity index (χ4n) is 2.91. The zero-order valence-electron chi connectivity index (χ0n) is 12.1. The quantitative estimate of drug-likeness (QED) is 0.795. The highest BCUT2D eigenvalue weighted by atomic mass is 16.5. The maximum atomic E-state index is 12.3. The molecule has 0 aromatic heterocycles. The fraction of sp³-hybridized carbons (Fsp3) is 0.222. The summed E-state index contributed by atoms with van der Waals surface area (Å²) in [6, 6.07) is 19.2. The molecule has 2 atom stereocenters. The maximum absolute atomic E-state index is 12.3. The molecule has 3 rings (SSSR count). The Balaban J connectivity index is 1.82. The van der Waals surface area contributed by atoms with Crippen LogP contribution in [0.5, 0.6) is 0 Å². The first-order valence-electron chi connectivity index (χ1n) is 7.25. The number of hydrogen-bond acceptors (Lipinski definition) is 4. The molecule has 4 nitrogen and oxygen atoms in total. The number of ketones is 1. The van der Waals surface area contributed by atoms with E-state index in [1.807, 2.05) is 65.6 Å². The minimum atomic E-state index is -0.517. The Kier molecular flexibility index (Phi) is 4.30. The van der Waals surface area contributed by atoms with Crippen LogP contribution in [-0.4, -0.2) is 30.2 Å². The van der Waals surface area contributed by atoms with Gasteiger partial charge in [0.05, 0.1) is 12.5 Å². The molecule has 22 heavy (non-hydrogen) atoms. The van der Waals surface area contributed by atoms with Gasteiger partial charge >= 0.3 is 0 Å². The van der Waals surface area contributed by atoms with E-state index < -0.39 is 6.23 Å². The Bertz CT molecular complexity index is 642. The van der Waals surface area contributed by atoms with Crippen LogP contribution < -0.4 is 0 Å². The smallest absolute Gasteiger partial charge is 0.294 e. The Morgan fingerprint density at radius 2 is 1.68 bits per heavy atom. The predicted molar refractivity (Wildman–Crippen MR) is 82.1 cm³/mol. The molecule has 112 valence electrons. The van der Waals surface area contributed by atoms with Gasteiger partial charge in [0.15, 0.2) is 12.0 Å². The van der Waals surface area contributed by atoms with E-state index in [0.717, 1.165) is 11.1 Å². The summed E-state index contributed by atoms with van der Waals surface area (Å²) in [5, 5.41) is 0. The molecule has 1 aliphatic rings. The Hall–Kier alpha value is -2.46. The van der Waals surface area contributed by atoms with Gasteiger partial charge in [0.2, 0.25) is 0 Å². The van der Waals surface area contributed by atoms with Gasteiger partial charge in [-0.3, -0.25) is 14.5 Å². The number of benzene rings is 2. The highest BCUT2D eigenvalue weighted by Gasteiger charge is 2.36. The van der Waals surface area contributed by atoms with Crippen LogP contribution in [0.3, 0.4) is 0 Å². The molecule has 0 aliphatic carbocycles. The first-order valence-corrected chi connectivity index (χ1v) is 7.25. The van der Waals surface area contributed by atoms with Gasteiger partial charge in [0, 0.05) is 12.1 Å². The molecule has 0 radical (unpaired) electrons. The van der Waals surface area contributed by atoms with E-state index in [-0.39, 0.29) is 18.2 Å². The molecule has 0 spiro atoms. The second-order valence-electron chi connectivity index (χ2n) is 5.35. The van der Waals surface area contributed by atoms with Crippen molar-refractivity contribution in [2.45, 2.75) is 12.1 Å². The Morgan fingerprint density at radius 3 is 2.32 bits per heavy atom. The lowest BCUT2D eigenvalue weighted by Crippen LogP contribution is -2.28. The van der Waals surface area contributed by atoms with Crippen molar-refractivity contribution >= 4 is 12.3 Å². The molecule has 0 N–H and O–H groups in total. The van der Waals surface area contributed by atoms with Crippen LogP contribution in [0.25, 0.3) is 0 Å². The fourth-order valence-corrected chi connectivity index (χ4v) is 2.91. The molecule has 1 saturated heterocycles. The summed E-state index contributed by atoms with van der Waals surface area (Å²) >= 11 is 0. The van der Waals surface area contributed by atoms with E-state index in [9.17, 15) is 9.59 Å². The third-order valence-corrected chi connectivity index (χ3v) is 3.97. The molecule has 0 saturated carbocycles. The zero-order valence-corrected chi connectivity index (χ0v) is 12.1. The van der Waals surface area contributed by atoms with Gasteiger partial charge in [-0.2, -0.15) is 0 Å². The van der Waals surface area contributed by atoms with E-state index in [1.54, 1.807) is 0 Å². The van der Waals surface area contributed by atoms with E-state index >= 15 is 0 Å². The molecule has 1 aliphatic heterocycles. The van der Waals surface area contributed by atoms with Crippen LogP contribution in [0.2, 0.25) is 0 Å². The van der Waals surface area contributed by atoms with Crippen molar-refractivity contribution in [3.05, 3.63) is 71.8 Å². The van der Waals surface area contributed by atoms with Crippen LogP contribution in [0.15, 0.2) is 60.7 Å². The first-order chi connectivity index (χ1) is 10.8. The second kappa shape index (κ2) is 6.54. The number of hydrogen-bond donors (Lipinski definition) is 0. The Labute approximate surface area is 129 Å². The SMILES string of the molecule is O=COC(c1ccccc1)N1CC(=O)C(c2ccccc2)C1. The number of nitrogens with zero attached hydrogens (tertiary/aromatic N) is 1. The Morgan fingerprint density at radius 1 is 1.05 bits per heavy atom. The number of rotatable bonds is 5. The van der Waals surface area contributed by atoms with Crippen LogP contribution >= 0.6 is 0 Å². The number of likely N-dealkylation sites (tertiary alicyclic amines) is 1. The van der Waals surface area contributed by atoms with Crippen molar-refractivity contribution in [2.75, 3.05) is 13.1 Å². The summed E-state index contributed by atoms with van der Waals surface area (Å²) in [7, 11) is 0. The van der Waals surface area contributed by atoms with Crippen LogP contribution in [0.4, 0.5) is 0 Å². The average Bonchev–Trinajstić information content (AvgIpc) is 2.96. The zero-order chi connectivity index (χ0) is 15.4. The third-order valence-electron chi connectivity index (χ3n) is 3.97. The van der Waals surface area contributed by atoms with E-state index in [0.29, 0.717) is 13.0 Å². The van der Waals surface area contributed by atoms with Crippen molar-refractivity contribution in [3.63, 3.8) is 0 Å². The van der Waals surface area contributed by atoms with Gasteiger partial charge in [0.1, 0.15) is 0 Å². The summed E-state index contributed by atoms with van der Waals surface area (Å²) in [5.74, 6) is -0.00991. The van der Waals surface area contributed by atoms with Crippen LogP contribution in [0, 0.1) is 0 Å². The molecule has 2 aromatic carbocycles. The van der Waals surface area contributed by atoms with Gasteiger partial charge in [-0.25, -0.2) is 0 Å². The largest absolute Gasteiger partial charge is 0.444 e.